The summed E-state index contributed by atoms with van der Waals surface area (Å²) in [4.78, 5) is 24.6. The highest BCUT2D eigenvalue weighted by atomic mass is 19.1. The van der Waals surface area contributed by atoms with Crippen molar-refractivity contribution in [2.24, 2.45) is 0 Å². The van der Waals surface area contributed by atoms with Crippen molar-refractivity contribution in [1.29, 1.82) is 5.26 Å². The molecular formula is C25H29F2N7O2. The monoisotopic (exact) mass is 497 g/mol. The number of rotatable bonds is 3. The summed E-state index contributed by atoms with van der Waals surface area (Å²) in [6, 6.07) is 4.80. The second-order valence-corrected chi connectivity index (χ2v) is 8.71. The van der Waals surface area contributed by atoms with Crippen LogP contribution in [0.4, 0.5) is 19.4 Å². The molecule has 9 nitrogen and oxygen atoms in total. The maximum Gasteiger partial charge on any atom is 0.317 e. The van der Waals surface area contributed by atoms with Crippen molar-refractivity contribution in [2.75, 3.05) is 38.7 Å². The normalized spacial score (nSPS) is 16.1. The summed E-state index contributed by atoms with van der Waals surface area (Å²) >= 11 is 0. The number of halogens is 2. The van der Waals surface area contributed by atoms with Crippen LogP contribution >= 0.6 is 0 Å². The zero-order valence-electron chi connectivity index (χ0n) is 20.1. The van der Waals surface area contributed by atoms with E-state index < -0.39 is 11.6 Å². The molecule has 3 aromatic heterocycles. The summed E-state index contributed by atoms with van der Waals surface area (Å²) in [6.45, 7) is 2.83. The van der Waals surface area contributed by atoms with Gasteiger partial charge in [-0.2, -0.15) is 5.26 Å². The Labute approximate surface area is 207 Å². The lowest BCUT2D eigenvalue weighted by Gasteiger charge is -2.30. The number of aromatic amines is 1. The van der Waals surface area contributed by atoms with Crippen molar-refractivity contribution in [2.45, 2.75) is 38.1 Å². The minimum absolute atomic E-state index is 0.0164. The van der Waals surface area contributed by atoms with E-state index in [2.05, 4.69) is 25.6 Å². The third-order valence-corrected chi connectivity index (χ3v) is 6.32. The molecule has 5 rings (SSSR count). The average molecular weight is 498 g/mol. The fourth-order valence-electron chi connectivity index (χ4n) is 4.41. The number of morpholine rings is 1. The van der Waals surface area contributed by atoms with Crippen LogP contribution in [0.25, 0.3) is 22.3 Å². The molecule has 0 aromatic carbocycles. The van der Waals surface area contributed by atoms with Crippen molar-refractivity contribution in [3.63, 3.8) is 0 Å². The molecule has 1 aliphatic carbocycles. The summed E-state index contributed by atoms with van der Waals surface area (Å²) in [6.07, 6.45) is 8.79. The van der Waals surface area contributed by atoms with E-state index in [1.54, 1.807) is 6.20 Å². The number of carbonyl (C=O) groups is 1. The second-order valence-electron chi connectivity index (χ2n) is 8.71. The van der Waals surface area contributed by atoms with E-state index in [1.807, 2.05) is 11.0 Å². The predicted octanol–water partition coefficient (Wildman–Crippen LogP) is 4.18. The molecule has 11 heteroatoms. The lowest BCUT2D eigenvalue weighted by atomic mass is 9.96. The molecule has 36 heavy (non-hydrogen) atoms. The number of hydrogen-bond acceptors (Lipinski definition) is 6. The van der Waals surface area contributed by atoms with Gasteiger partial charge in [0.25, 0.3) is 0 Å². The molecule has 0 bridgehead atoms. The van der Waals surface area contributed by atoms with Gasteiger partial charge >= 0.3 is 6.03 Å². The Balaban J connectivity index is 0.000000179. The number of fused-ring (bicyclic) bond motifs is 1. The van der Waals surface area contributed by atoms with Gasteiger partial charge in [0.1, 0.15) is 17.5 Å². The predicted molar refractivity (Wildman–Crippen MR) is 131 cm³/mol. The van der Waals surface area contributed by atoms with Crippen molar-refractivity contribution in [3.8, 4) is 17.3 Å². The number of nitrogens with one attached hydrogen (secondary N) is 3. The van der Waals surface area contributed by atoms with Crippen LogP contribution in [-0.4, -0.2) is 65.3 Å². The molecule has 0 radical (unpaired) electrons. The Morgan fingerprint density at radius 1 is 1.22 bits per heavy atom. The molecule has 3 N–H and O–H groups in total. The molecular weight excluding hydrogens is 468 g/mol. The van der Waals surface area contributed by atoms with Crippen LogP contribution in [-0.2, 0) is 4.74 Å². The van der Waals surface area contributed by atoms with E-state index in [-0.39, 0.29) is 23.1 Å². The highest BCUT2D eigenvalue weighted by Crippen LogP contribution is 2.31. The molecule has 2 aliphatic rings. The van der Waals surface area contributed by atoms with Crippen molar-refractivity contribution in [1.82, 2.24) is 25.2 Å². The number of urea groups is 1. The van der Waals surface area contributed by atoms with Gasteiger partial charge in [0.15, 0.2) is 11.6 Å². The zero-order valence-corrected chi connectivity index (χ0v) is 20.1. The third kappa shape index (κ3) is 5.88. The number of hydrogen-bond donors (Lipinski definition) is 3. The number of amides is 2. The van der Waals surface area contributed by atoms with Gasteiger partial charge in [-0.3, -0.25) is 0 Å². The SMILES string of the molecule is CNc1nc(-c2c[nH]c3ncc(F)cc23)c(C#N)cc1F.O=C(NC1CCCCC1)N1CCOCC1. The van der Waals surface area contributed by atoms with Crippen LogP contribution in [0.15, 0.2) is 24.5 Å². The van der Waals surface area contributed by atoms with Gasteiger partial charge in [-0.25, -0.2) is 23.5 Å². The number of aromatic nitrogens is 3. The average Bonchev–Trinajstić information content (AvgIpc) is 3.32. The first kappa shape index (κ1) is 25.3. The number of carbonyl (C=O) groups excluding carboxylic acids is 1. The Morgan fingerprint density at radius 3 is 2.67 bits per heavy atom. The topological polar surface area (TPSA) is 119 Å². The molecule has 0 spiro atoms. The Bertz CT molecular complexity index is 1250. The number of pyridine rings is 2. The summed E-state index contributed by atoms with van der Waals surface area (Å²) in [5.41, 5.74) is 1.29. The lowest BCUT2D eigenvalue weighted by molar-refractivity contribution is 0.0521. The van der Waals surface area contributed by atoms with Crippen molar-refractivity contribution in [3.05, 3.63) is 41.7 Å². The third-order valence-electron chi connectivity index (χ3n) is 6.32. The van der Waals surface area contributed by atoms with E-state index in [4.69, 9.17) is 10.00 Å². The molecule has 3 aromatic rings. The van der Waals surface area contributed by atoms with Gasteiger partial charge in [-0.15, -0.1) is 0 Å². The highest BCUT2D eigenvalue weighted by Gasteiger charge is 2.21. The van der Waals surface area contributed by atoms with Crippen LogP contribution in [0, 0.1) is 23.0 Å². The molecule has 1 aliphatic heterocycles. The van der Waals surface area contributed by atoms with Crippen LogP contribution in [0.5, 0.6) is 0 Å². The minimum atomic E-state index is -0.623. The highest BCUT2D eigenvalue weighted by molar-refractivity contribution is 5.94. The first-order chi connectivity index (χ1) is 17.5. The summed E-state index contributed by atoms with van der Waals surface area (Å²) in [5.74, 6) is -1.11. The van der Waals surface area contributed by atoms with Crippen LogP contribution in [0.3, 0.4) is 0 Å². The van der Waals surface area contributed by atoms with E-state index in [9.17, 15) is 13.6 Å². The molecule has 2 fully saturated rings. The lowest BCUT2D eigenvalue weighted by Crippen LogP contribution is -2.49. The number of ether oxygens (including phenoxy) is 1. The standard InChI is InChI=1S/C14H9F2N5.C11H20N2O2/c1-18-14-11(16)2-7(4-17)12(21-14)10-6-20-13-9(10)3-8(15)5-19-13;14-11(13-6-8-15-9-7-13)12-10-4-2-1-3-5-10/h2-3,5-6H,1H3,(H,18,21)(H,19,20);10H,1-9H2,(H,12,14). The Hall–Kier alpha value is -3.78. The van der Waals surface area contributed by atoms with E-state index >= 15 is 0 Å². The summed E-state index contributed by atoms with van der Waals surface area (Å²) in [7, 11) is 1.53. The molecule has 1 saturated carbocycles. The van der Waals surface area contributed by atoms with Crippen LogP contribution in [0.1, 0.15) is 37.7 Å². The minimum Gasteiger partial charge on any atom is -0.378 e. The van der Waals surface area contributed by atoms with Gasteiger partial charge in [-0.05, 0) is 25.0 Å². The van der Waals surface area contributed by atoms with E-state index in [1.165, 1.54) is 32.4 Å². The summed E-state index contributed by atoms with van der Waals surface area (Å²) < 4.78 is 32.3. The number of nitriles is 1. The van der Waals surface area contributed by atoms with Crippen LogP contribution < -0.4 is 10.6 Å². The molecule has 0 atom stereocenters. The van der Waals surface area contributed by atoms with E-state index in [0.717, 1.165) is 38.2 Å². The quantitative estimate of drug-likeness (QED) is 0.500. The molecule has 2 amide bonds. The molecule has 1 saturated heterocycles. The largest absolute Gasteiger partial charge is 0.378 e. The first-order valence-electron chi connectivity index (χ1n) is 12.0. The second kappa shape index (κ2) is 11.8. The molecule has 190 valence electrons. The Morgan fingerprint density at radius 2 is 1.97 bits per heavy atom. The van der Waals surface area contributed by atoms with Crippen molar-refractivity contribution < 1.29 is 18.3 Å². The maximum absolute atomic E-state index is 13.7. The fraction of sp³-hybridized carbons (Fsp3) is 0.440. The fourth-order valence-corrected chi connectivity index (χ4v) is 4.41. The van der Waals surface area contributed by atoms with Crippen molar-refractivity contribution >= 4 is 22.9 Å². The summed E-state index contributed by atoms with van der Waals surface area (Å²) in [5, 5.41) is 15.4. The zero-order chi connectivity index (χ0) is 25.5. The Kier molecular flexibility index (Phi) is 8.28. The van der Waals surface area contributed by atoms with Gasteiger partial charge < -0.3 is 25.3 Å². The first-order valence-corrected chi connectivity index (χ1v) is 12.0. The molecule has 4 heterocycles. The number of nitrogens with zero attached hydrogens (tertiary/aromatic N) is 4. The number of H-pyrrole nitrogens is 1. The van der Waals surface area contributed by atoms with Gasteiger partial charge in [-0.1, -0.05) is 19.3 Å². The maximum atomic E-state index is 13.7. The van der Waals surface area contributed by atoms with Gasteiger partial charge in [0.2, 0.25) is 0 Å². The van der Waals surface area contributed by atoms with Gasteiger partial charge in [0, 0.05) is 43.3 Å². The number of anilines is 1. The van der Waals surface area contributed by atoms with Gasteiger partial charge in [0.05, 0.1) is 30.7 Å². The smallest absolute Gasteiger partial charge is 0.317 e. The van der Waals surface area contributed by atoms with E-state index in [0.29, 0.717) is 35.9 Å². The molecule has 0 unspecified atom stereocenters. The van der Waals surface area contributed by atoms with Crippen LogP contribution in [0.2, 0.25) is 0 Å².